The van der Waals surface area contributed by atoms with Gasteiger partial charge in [0, 0.05) is 12.7 Å². The van der Waals surface area contributed by atoms with Gasteiger partial charge in [-0.25, -0.2) is 0 Å². The van der Waals surface area contributed by atoms with E-state index in [0.29, 0.717) is 0 Å². The Morgan fingerprint density at radius 1 is 1.13 bits per heavy atom. The summed E-state index contributed by atoms with van der Waals surface area (Å²) in [5.74, 6) is 0. The molecule has 0 spiro atoms. The molecule has 0 aliphatic carbocycles. The predicted molar refractivity (Wildman–Crippen MR) is 105 cm³/mol. The highest BCUT2D eigenvalue weighted by atomic mass is 14.8. The molecule has 0 saturated heterocycles. The van der Waals surface area contributed by atoms with E-state index >= 15 is 0 Å². The molecular formula is C22H29N. The van der Waals surface area contributed by atoms with Gasteiger partial charge in [-0.2, -0.15) is 0 Å². The first-order valence-corrected chi connectivity index (χ1v) is 7.99. The van der Waals surface area contributed by atoms with Crippen LogP contribution in [0.1, 0.15) is 38.8 Å². The Labute approximate surface area is 141 Å². The molecule has 0 radical (unpaired) electrons. The Hall–Kier alpha value is -2.28. The van der Waals surface area contributed by atoms with E-state index in [-0.39, 0.29) is 5.41 Å². The Kier molecular flexibility index (Phi) is 6.84. The Balaban J connectivity index is 3.35. The first kappa shape index (κ1) is 18.8. The summed E-state index contributed by atoms with van der Waals surface area (Å²) in [6.45, 7) is 16.4. The lowest BCUT2D eigenvalue weighted by Crippen LogP contribution is -2.11. The van der Waals surface area contributed by atoms with Gasteiger partial charge in [0.1, 0.15) is 0 Å². The van der Waals surface area contributed by atoms with Crippen molar-refractivity contribution in [3.63, 3.8) is 0 Å². The minimum absolute atomic E-state index is 0.115. The minimum atomic E-state index is 0.115. The molecule has 0 aromatic heterocycles. The predicted octanol–water partition coefficient (Wildman–Crippen LogP) is 5.99. The largest absolute Gasteiger partial charge is 0.388 e. The fourth-order valence-electron chi connectivity index (χ4n) is 2.46. The van der Waals surface area contributed by atoms with Crippen molar-refractivity contribution >= 4 is 11.3 Å². The molecule has 0 amide bonds. The van der Waals surface area contributed by atoms with Crippen molar-refractivity contribution in [1.82, 2.24) is 5.32 Å². The van der Waals surface area contributed by atoms with Crippen molar-refractivity contribution in [2.75, 3.05) is 7.05 Å². The van der Waals surface area contributed by atoms with E-state index < -0.39 is 0 Å². The molecule has 0 aliphatic heterocycles. The lowest BCUT2D eigenvalue weighted by molar-refractivity contribution is 0.516. The van der Waals surface area contributed by atoms with E-state index in [9.17, 15) is 0 Å². The van der Waals surface area contributed by atoms with Crippen LogP contribution in [0.3, 0.4) is 0 Å². The molecule has 1 rings (SSSR count). The highest BCUT2D eigenvalue weighted by Crippen LogP contribution is 2.29. The summed E-state index contributed by atoms with van der Waals surface area (Å²) in [7, 11) is 1.96. The lowest BCUT2D eigenvalue weighted by Gasteiger charge is -2.21. The van der Waals surface area contributed by atoms with Gasteiger partial charge >= 0.3 is 0 Å². The second-order valence-corrected chi connectivity index (χ2v) is 6.44. The van der Waals surface area contributed by atoms with Crippen molar-refractivity contribution in [3.8, 4) is 0 Å². The molecule has 0 bridgehead atoms. The summed E-state index contributed by atoms with van der Waals surface area (Å²) in [6, 6.07) is 8.46. The summed E-state index contributed by atoms with van der Waals surface area (Å²) in [5.41, 5.74) is 5.89. The van der Waals surface area contributed by atoms with Gasteiger partial charge in [0.25, 0.3) is 0 Å². The molecule has 1 aromatic carbocycles. The third-order valence-electron chi connectivity index (χ3n) is 3.77. The van der Waals surface area contributed by atoms with E-state index in [1.165, 1.54) is 5.57 Å². The molecule has 1 aromatic rings. The smallest absolute Gasteiger partial charge is 0.0414 e. The molecule has 1 heteroatoms. The van der Waals surface area contributed by atoms with Gasteiger partial charge in [0.15, 0.2) is 0 Å². The first-order chi connectivity index (χ1) is 10.9. The molecule has 0 fully saturated rings. The Morgan fingerprint density at radius 2 is 1.78 bits per heavy atom. The summed E-state index contributed by atoms with van der Waals surface area (Å²) in [4.78, 5) is 0. The highest BCUT2D eigenvalue weighted by Gasteiger charge is 2.15. The van der Waals surface area contributed by atoms with Crippen LogP contribution in [0.5, 0.6) is 0 Å². The maximum Gasteiger partial charge on any atom is 0.0414 e. The molecule has 1 nitrogen and oxygen atoms in total. The summed E-state index contributed by atoms with van der Waals surface area (Å²) < 4.78 is 0. The van der Waals surface area contributed by atoms with Gasteiger partial charge < -0.3 is 5.32 Å². The molecule has 0 unspecified atom stereocenters. The first-order valence-electron chi connectivity index (χ1n) is 7.99. The zero-order chi connectivity index (χ0) is 17.5. The average Bonchev–Trinajstić information content (AvgIpc) is 2.52. The average molecular weight is 307 g/mol. The van der Waals surface area contributed by atoms with Crippen molar-refractivity contribution in [2.45, 2.75) is 27.7 Å². The van der Waals surface area contributed by atoms with Crippen molar-refractivity contribution in [3.05, 3.63) is 84.5 Å². The van der Waals surface area contributed by atoms with E-state index in [1.807, 2.05) is 19.2 Å². The molecule has 23 heavy (non-hydrogen) atoms. The van der Waals surface area contributed by atoms with E-state index in [0.717, 1.165) is 22.4 Å². The molecule has 0 aliphatic rings. The molecular weight excluding hydrogens is 278 g/mol. The van der Waals surface area contributed by atoms with Crippen molar-refractivity contribution < 1.29 is 0 Å². The third kappa shape index (κ3) is 5.14. The highest BCUT2D eigenvalue weighted by molar-refractivity contribution is 5.78. The van der Waals surface area contributed by atoms with Crippen LogP contribution in [0.4, 0.5) is 0 Å². The number of benzene rings is 1. The quantitative estimate of drug-likeness (QED) is 0.636. The van der Waals surface area contributed by atoms with Crippen LogP contribution in [-0.4, -0.2) is 7.05 Å². The number of allylic oxidation sites excluding steroid dienone is 7. The normalized spacial score (nSPS) is 13.7. The monoisotopic (exact) mass is 307 g/mol. The SMILES string of the molecule is C=C/C=C(\C=C)c1cccc(/C(=C/C(=C\C)C(C)(C)C)NC)c1. The maximum absolute atomic E-state index is 3.89. The topological polar surface area (TPSA) is 12.0 Å². The second kappa shape index (κ2) is 8.38. The van der Waals surface area contributed by atoms with Gasteiger partial charge in [-0.3, -0.25) is 0 Å². The Morgan fingerprint density at radius 3 is 2.26 bits per heavy atom. The lowest BCUT2D eigenvalue weighted by atomic mass is 9.85. The Bertz CT molecular complexity index is 649. The van der Waals surface area contributed by atoms with Gasteiger partial charge in [0.2, 0.25) is 0 Å². The molecule has 122 valence electrons. The fourth-order valence-corrected chi connectivity index (χ4v) is 2.46. The second-order valence-electron chi connectivity index (χ2n) is 6.44. The maximum atomic E-state index is 3.89. The standard InChI is InChI=1S/C22H29N/c1-8-12-17(9-2)18-13-11-14-19(15-18)21(23-7)16-20(10-3)22(4,5)6/h8-16,23H,1-2H2,3-7H3/b17-12+,20-10+,21-16-. The summed E-state index contributed by atoms with van der Waals surface area (Å²) in [5, 5.41) is 3.33. The number of rotatable bonds is 6. The van der Waals surface area contributed by atoms with E-state index in [4.69, 9.17) is 0 Å². The van der Waals surface area contributed by atoms with Crippen LogP contribution in [0.2, 0.25) is 0 Å². The van der Waals surface area contributed by atoms with Crippen LogP contribution in [-0.2, 0) is 0 Å². The minimum Gasteiger partial charge on any atom is -0.388 e. The van der Waals surface area contributed by atoms with Gasteiger partial charge in [-0.1, -0.05) is 76.4 Å². The van der Waals surface area contributed by atoms with E-state index in [2.05, 4.69) is 82.6 Å². The van der Waals surface area contributed by atoms with Crippen molar-refractivity contribution in [1.29, 1.82) is 0 Å². The number of nitrogens with one attached hydrogen (secondary N) is 1. The number of hydrogen-bond donors (Lipinski definition) is 1. The molecule has 0 heterocycles. The molecule has 0 saturated carbocycles. The van der Waals surface area contributed by atoms with Gasteiger partial charge in [-0.05, 0) is 46.8 Å². The van der Waals surface area contributed by atoms with Crippen LogP contribution < -0.4 is 5.32 Å². The zero-order valence-corrected chi connectivity index (χ0v) is 15.1. The van der Waals surface area contributed by atoms with Gasteiger partial charge in [0.05, 0.1) is 0 Å². The summed E-state index contributed by atoms with van der Waals surface area (Å²) >= 11 is 0. The van der Waals surface area contributed by atoms with E-state index in [1.54, 1.807) is 6.08 Å². The zero-order valence-electron chi connectivity index (χ0n) is 15.1. The van der Waals surface area contributed by atoms with Crippen LogP contribution in [0.15, 0.2) is 73.4 Å². The number of hydrogen-bond acceptors (Lipinski definition) is 1. The third-order valence-corrected chi connectivity index (χ3v) is 3.77. The van der Waals surface area contributed by atoms with Gasteiger partial charge in [-0.15, -0.1) is 0 Å². The van der Waals surface area contributed by atoms with Crippen LogP contribution in [0.25, 0.3) is 11.3 Å². The summed E-state index contributed by atoms with van der Waals surface area (Å²) in [6.07, 6.45) is 10.0. The van der Waals surface area contributed by atoms with Crippen LogP contribution in [0, 0.1) is 5.41 Å². The van der Waals surface area contributed by atoms with Crippen molar-refractivity contribution in [2.24, 2.45) is 5.41 Å². The van der Waals surface area contributed by atoms with Crippen LogP contribution >= 0.6 is 0 Å². The molecule has 0 atom stereocenters. The molecule has 1 N–H and O–H groups in total. The fraction of sp³-hybridized carbons (Fsp3) is 0.273.